The quantitative estimate of drug-likeness (QED) is 0.298. The lowest BCUT2D eigenvalue weighted by molar-refractivity contribution is -0.119. The monoisotopic (exact) mass is 504 g/mol. The fraction of sp³-hybridized carbons (Fsp3) is 0.103. The SMILES string of the molecule is N#Cc1c(NC(=O)COC(=O)c2ccc3nc(-c4ccccc4)[nH]c3c2)sc2c1CCc1ccccc1-2. The maximum Gasteiger partial charge on any atom is 0.338 e. The molecule has 1 aliphatic carbocycles. The summed E-state index contributed by atoms with van der Waals surface area (Å²) in [5.41, 5.74) is 6.44. The van der Waals surface area contributed by atoms with E-state index < -0.39 is 18.5 Å². The van der Waals surface area contributed by atoms with E-state index in [1.165, 1.54) is 16.9 Å². The maximum atomic E-state index is 12.7. The van der Waals surface area contributed by atoms with Crippen LogP contribution < -0.4 is 5.32 Å². The van der Waals surface area contributed by atoms with E-state index in [1.54, 1.807) is 18.2 Å². The molecule has 0 saturated heterocycles. The fourth-order valence-corrected chi connectivity index (χ4v) is 5.87. The van der Waals surface area contributed by atoms with Crippen molar-refractivity contribution in [2.75, 3.05) is 11.9 Å². The number of rotatable bonds is 5. The number of anilines is 1. The molecule has 3 aromatic carbocycles. The topological polar surface area (TPSA) is 108 Å². The lowest BCUT2D eigenvalue weighted by Gasteiger charge is -2.15. The van der Waals surface area contributed by atoms with Gasteiger partial charge < -0.3 is 15.0 Å². The smallest absolute Gasteiger partial charge is 0.338 e. The number of carbonyl (C=O) groups is 2. The average Bonchev–Trinajstić information content (AvgIpc) is 3.52. The van der Waals surface area contributed by atoms with Gasteiger partial charge in [0, 0.05) is 10.4 Å². The van der Waals surface area contributed by atoms with Crippen LogP contribution in [0.25, 0.3) is 32.9 Å². The lowest BCUT2D eigenvalue weighted by atomic mass is 9.90. The summed E-state index contributed by atoms with van der Waals surface area (Å²) in [6, 6.07) is 25.1. The van der Waals surface area contributed by atoms with Crippen molar-refractivity contribution < 1.29 is 14.3 Å². The van der Waals surface area contributed by atoms with Crippen LogP contribution in [0.2, 0.25) is 0 Å². The number of H-pyrrole nitrogens is 1. The number of thiophene rings is 1. The molecule has 7 nitrogen and oxygen atoms in total. The molecule has 0 spiro atoms. The van der Waals surface area contributed by atoms with Crippen molar-refractivity contribution >= 4 is 39.2 Å². The first-order valence-corrected chi connectivity index (χ1v) is 12.6. The van der Waals surface area contributed by atoms with E-state index in [2.05, 4.69) is 27.4 Å². The fourth-order valence-electron chi connectivity index (χ4n) is 4.59. The predicted molar refractivity (Wildman–Crippen MR) is 142 cm³/mol. The summed E-state index contributed by atoms with van der Waals surface area (Å²) >= 11 is 1.38. The number of nitrogens with one attached hydrogen (secondary N) is 2. The number of benzene rings is 3. The Morgan fingerprint density at radius 1 is 1.05 bits per heavy atom. The van der Waals surface area contributed by atoms with Crippen molar-refractivity contribution in [3.63, 3.8) is 0 Å². The minimum atomic E-state index is -0.618. The van der Waals surface area contributed by atoms with Gasteiger partial charge in [-0.05, 0) is 47.7 Å². The number of nitriles is 1. The van der Waals surface area contributed by atoms with Crippen molar-refractivity contribution in [2.45, 2.75) is 12.8 Å². The Balaban J connectivity index is 1.15. The van der Waals surface area contributed by atoms with Crippen LogP contribution in [0.5, 0.6) is 0 Å². The first-order valence-electron chi connectivity index (χ1n) is 11.8. The number of nitrogens with zero attached hydrogens (tertiary/aromatic N) is 2. The van der Waals surface area contributed by atoms with E-state index in [-0.39, 0.29) is 0 Å². The number of hydrogen-bond donors (Lipinski definition) is 2. The molecule has 6 rings (SSSR count). The third-order valence-electron chi connectivity index (χ3n) is 6.38. The normalized spacial score (nSPS) is 11.9. The van der Waals surface area contributed by atoms with Gasteiger partial charge in [0.1, 0.15) is 16.9 Å². The Bertz CT molecular complexity index is 1710. The standard InChI is InChI=1S/C29H20N4O3S/c30-15-22-21-12-10-17-6-4-5-9-20(17)26(21)37-28(22)33-25(34)16-36-29(35)19-11-13-23-24(14-19)32-27(31-23)18-7-2-1-3-8-18/h1-9,11,13-14H,10,12,16H2,(H,31,32)(H,33,34). The Labute approximate surface area is 216 Å². The van der Waals surface area contributed by atoms with Crippen molar-refractivity contribution in [2.24, 2.45) is 0 Å². The second-order valence-electron chi connectivity index (χ2n) is 8.69. The van der Waals surface area contributed by atoms with Gasteiger partial charge in [-0.2, -0.15) is 5.26 Å². The van der Waals surface area contributed by atoms with Gasteiger partial charge in [-0.25, -0.2) is 9.78 Å². The molecule has 2 N–H and O–H groups in total. The Hall–Kier alpha value is -4.74. The average molecular weight is 505 g/mol. The summed E-state index contributed by atoms with van der Waals surface area (Å²) < 4.78 is 5.27. The van der Waals surface area contributed by atoms with E-state index in [0.29, 0.717) is 27.5 Å². The van der Waals surface area contributed by atoms with Crippen LogP contribution in [0, 0.1) is 11.3 Å². The highest BCUT2D eigenvalue weighted by Gasteiger charge is 2.25. The summed E-state index contributed by atoms with van der Waals surface area (Å²) in [6.45, 7) is -0.459. The van der Waals surface area contributed by atoms with E-state index in [4.69, 9.17) is 4.74 Å². The first kappa shape index (κ1) is 22.7. The molecule has 2 aromatic heterocycles. The molecule has 5 aromatic rings. The largest absolute Gasteiger partial charge is 0.452 e. The maximum absolute atomic E-state index is 12.7. The van der Waals surface area contributed by atoms with Gasteiger partial charge in [0.15, 0.2) is 6.61 Å². The summed E-state index contributed by atoms with van der Waals surface area (Å²) in [5, 5.41) is 13.0. The first-order chi connectivity index (χ1) is 18.1. The number of aromatic nitrogens is 2. The van der Waals surface area contributed by atoms with E-state index in [0.717, 1.165) is 39.9 Å². The second-order valence-corrected chi connectivity index (χ2v) is 9.71. The van der Waals surface area contributed by atoms with Crippen LogP contribution in [0.15, 0.2) is 72.8 Å². The number of carbonyl (C=O) groups excluding carboxylic acids is 2. The number of fused-ring (bicyclic) bond motifs is 4. The summed E-state index contributed by atoms with van der Waals surface area (Å²) in [6.07, 6.45) is 1.60. The van der Waals surface area contributed by atoms with Gasteiger partial charge >= 0.3 is 5.97 Å². The molecule has 0 unspecified atom stereocenters. The molecule has 2 heterocycles. The molecule has 0 atom stereocenters. The van der Waals surface area contributed by atoms with Gasteiger partial charge in [0.05, 0.1) is 22.2 Å². The Morgan fingerprint density at radius 3 is 2.70 bits per heavy atom. The molecule has 1 amide bonds. The number of aryl methyl sites for hydroxylation is 1. The van der Waals surface area contributed by atoms with Crippen LogP contribution in [0.3, 0.4) is 0 Å². The summed E-state index contributed by atoms with van der Waals surface area (Å²) in [5.74, 6) is -0.409. The molecule has 0 fully saturated rings. The third-order valence-corrected chi connectivity index (χ3v) is 7.56. The molecule has 0 saturated carbocycles. The van der Waals surface area contributed by atoms with Crippen LogP contribution in [-0.2, 0) is 22.4 Å². The molecule has 8 heteroatoms. The predicted octanol–water partition coefficient (Wildman–Crippen LogP) is 5.72. The molecule has 0 aliphatic heterocycles. The highest BCUT2D eigenvalue weighted by Crippen LogP contribution is 2.44. The summed E-state index contributed by atoms with van der Waals surface area (Å²) in [7, 11) is 0. The van der Waals surface area contributed by atoms with Crippen LogP contribution in [0.4, 0.5) is 5.00 Å². The number of amides is 1. The van der Waals surface area contributed by atoms with E-state index >= 15 is 0 Å². The molecule has 37 heavy (non-hydrogen) atoms. The lowest BCUT2D eigenvalue weighted by Crippen LogP contribution is -2.20. The third kappa shape index (κ3) is 4.26. The highest BCUT2D eigenvalue weighted by atomic mass is 32.1. The van der Waals surface area contributed by atoms with Gasteiger partial charge in [-0.3, -0.25) is 4.79 Å². The van der Waals surface area contributed by atoms with Gasteiger partial charge in [-0.15, -0.1) is 11.3 Å². The van der Waals surface area contributed by atoms with E-state index in [1.807, 2.05) is 48.5 Å². The zero-order valence-electron chi connectivity index (χ0n) is 19.6. The van der Waals surface area contributed by atoms with Crippen molar-refractivity contribution in [3.8, 4) is 27.9 Å². The second kappa shape index (κ2) is 9.37. The van der Waals surface area contributed by atoms with Crippen molar-refractivity contribution in [1.29, 1.82) is 5.26 Å². The van der Waals surface area contributed by atoms with Gasteiger partial charge in [0.2, 0.25) is 0 Å². The number of hydrogen-bond acceptors (Lipinski definition) is 6. The highest BCUT2D eigenvalue weighted by molar-refractivity contribution is 7.20. The number of imidazole rings is 1. The molecule has 180 valence electrons. The zero-order valence-corrected chi connectivity index (χ0v) is 20.4. The summed E-state index contributed by atoms with van der Waals surface area (Å²) in [4.78, 5) is 34.1. The van der Waals surface area contributed by atoms with Crippen molar-refractivity contribution in [1.82, 2.24) is 9.97 Å². The van der Waals surface area contributed by atoms with Gasteiger partial charge in [0.25, 0.3) is 5.91 Å². The van der Waals surface area contributed by atoms with Crippen LogP contribution in [0.1, 0.15) is 27.0 Å². The minimum absolute atomic E-state index is 0.310. The Kier molecular flexibility index (Phi) is 5.75. The number of aromatic amines is 1. The molecular formula is C29H20N4O3S. The van der Waals surface area contributed by atoms with Gasteiger partial charge in [-0.1, -0.05) is 54.6 Å². The number of esters is 1. The number of ether oxygens (including phenoxy) is 1. The molecule has 1 aliphatic rings. The molecule has 0 bridgehead atoms. The minimum Gasteiger partial charge on any atom is -0.452 e. The molecule has 0 radical (unpaired) electrons. The van der Waals surface area contributed by atoms with Crippen LogP contribution >= 0.6 is 11.3 Å². The van der Waals surface area contributed by atoms with E-state index in [9.17, 15) is 14.9 Å². The molecular weight excluding hydrogens is 484 g/mol. The van der Waals surface area contributed by atoms with Crippen LogP contribution in [-0.4, -0.2) is 28.5 Å². The zero-order chi connectivity index (χ0) is 25.4. The Morgan fingerprint density at radius 2 is 1.86 bits per heavy atom. The van der Waals surface area contributed by atoms with Crippen molar-refractivity contribution in [3.05, 3.63) is 95.1 Å².